The first-order valence-electron chi connectivity index (χ1n) is 10.4. The van der Waals surface area contributed by atoms with E-state index in [1.807, 2.05) is 6.92 Å². The molecule has 4 aromatic rings. The Morgan fingerprint density at radius 1 is 0.971 bits per heavy atom. The van der Waals surface area contributed by atoms with Gasteiger partial charge in [-0.15, -0.1) is 0 Å². The van der Waals surface area contributed by atoms with Gasteiger partial charge in [-0.2, -0.15) is 0 Å². The van der Waals surface area contributed by atoms with Gasteiger partial charge in [-0.25, -0.2) is 9.36 Å². The SMILES string of the molecule is COc1ccc(NC(=O)Cn2c(=O)n(-c3ccc(C)c(Cl)c3)c(=O)c3ccccc32)cc1OC. The summed E-state index contributed by atoms with van der Waals surface area (Å²) in [5, 5.41) is 3.49. The number of aryl methyl sites for hydroxylation is 1. The van der Waals surface area contributed by atoms with E-state index in [1.54, 1.807) is 60.7 Å². The van der Waals surface area contributed by atoms with Crippen LogP contribution < -0.4 is 26.0 Å². The monoisotopic (exact) mass is 479 g/mol. The van der Waals surface area contributed by atoms with Crippen LogP contribution in [0.4, 0.5) is 5.69 Å². The third-order valence-electron chi connectivity index (χ3n) is 5.43. The molecule has 1 N–H and O–H groups in total. The number of amides is 1. The molecule has 0 radical (unpaired) electrons. The van der Waals surface area contributed by atoms with Gasteiger partial charge < -0.3 is 14.8 Å². The van der Waals surface area contributed by atoms with E-state index in [0.717, 1.165) is 10.1 Å². The molecule has 34 heavy (non-hydrogen) atoms. The maximum absolute atomic E-state index is 13.4. The van der Waals surface area contributed by atoms with Crippen molar-refractivity contribution in [2.24, 2.45) is 0 Å². The minimum atomic E-state index is -0.647. The van der Waals surface area contributed by atoms with Gasteiger partial charge in [0.1, 0.15) is 6.54 Å². The predicted octanol–water partition coefficient (Wildman–Crippen LogP) is 3.77. The van der Waals surface area contributed by atoms with Crippen molar-refractivity contribution in [3.05, 3.63) is 92.1 Å². The van der Waals surface area contributed by atoms with Gasteiger partial charge >= 0.3 is 5.69 Å². The topological polar surface area (TPSA) is 91.6 Å². The zero-order valence-electron chi connectivity index (χ0n) is 18.8. The molecule has 4 rings (SSSR count). The van der Waals surface area contributed by atoms with Crippen LogP contribution in [0.1, 0.15) is 5.56 Å². The molecule has 3 aromatic carbocycles. The number of benzene rings is 3. The van der Waals surface area contributed by atoms with Crippen molar-refractivity contribution in [3.8, 4) is 17.2 Å². The molecular formula is C25H22ClN3O5. The number of fused-ring (bicyclic) bond motifs is 1. The molecule has 0 saturated carbocycles. The predicted molar refractivity (Wildman–Crippen MR) is 132 cm³/mol. The fraction of sp³-hybridized carbons (Fsp3) is 0.160. The summed E-state index contributed by atoms with van der Waals surface area (Å²) in [6, 6.07) is 16.5. The smallest absolute Gasteiger partial charge is 0.336 e. The Balaban J connectivity index is 1.78. The molecule has 0 bridgehead atoms. The summed E-state index contributed by atoms with van der Waals surface area (Å²) in [6.07, 6.45) is 0. The van der Waals surface area contributed by atoms with Gasteiger partial charge in [-0.3, -0.25) is 14.2 Å². The van der Waals surface area contributed by atoms with Crippen LogP contribution in [0.3, 0.4) is 0 Å². The highest BCUT2D eigenvalue weighted by Gasteiger charge is 2.17. The van der Waals surface area contributed by atoms with E-state index in [2.05, 4.69) is 5.32 Å². The molecule has 0 atom stereocenters. The summed E-state index contributed by atoms with van der Waals surface area (Å²) in [6.45, 7) is 1.51. The normalized spacial score (nSPS) is 10.8. The molecule has 1 amide bonds. The van der Waals surface area contributed by atoms with E-state index < -0.39 is 17.2 Å². The van der Waals surface area contributed by atoms with Crippen molar-refractivity contribution in [1.29, 1.82) is 0 Å². The van der Waals surface area contributed by atoms with Crippen molar-refractivity contribution < 1.29 is 14.3 Å². The van der Waals surface area contributed by atoms with Crippen LogP contribution in [0, 0.1) is 6.92 Å². The van der Waals surface area contributed by atoms with Gasteiger partial charge in [0.15, 0.2) is 11.5 Å². The lowest BCUT2D eigenvalue weighted by molar-refractivity contribution is -0.116. The highest BCUT2D eigenvalue weighted by atomic mass is 35.5. The average Bonchev–Trinajstić information content (AvgIpc) is 2.84. The van der Waals surface area contributed by atoms with Crippen molar-refractivity contribution in [3.63, 3.8) is 0 Å². The zero-order chi connectivity index (χ0) is 24.4. The molecule has 0 spiro atoms. The zero-order valence-corrected chi connectivity index (χ0v) is 19.6. The molecule has 0 saturated heterocycles. The van der Waals surface area contributed by atoms with E-state index in [-0.39, 0.29) is 6.54 Å². The number of para-hydroxylation sites is 1. The first-order valence-corrected chi connectivity index (χ1v) is 10.7. The molecular weight excluding hydrogens is 458 g/mol. The fourth-order valence-electron chi connectivity index (χ4n) is 3.68. The van der Waals surface area contributed by atoms with Crippen LogP contribution in [0.25, 0.3) is 16.6 Å². The van der Waals surface area contributed by atoms with Crippen LogP contribution in [0.15, 0.2) is 70.3 Å². The Labute approximate surface area is 199 Å². The Hall–Kier alpha value is -4.04. The first kappa shape index (κ1) is 23.1. The van der Waals surface area contributed by atoms with Gasteiger partial charge in [0.2, 0.25) is 5.91 Å². The van der Waals surface area contributed by atoms with Gasteiger partial charge in [0, 0.05) is 16.8 Å². The Kier molecular flexibility index (Phi) is 6.43. The van der Waals surface area contributed by atoms with E-state index in [9.17, 15) is 14.4 Å². The lowest BCUT2D eigenvalue weighted by atomic mass is 10.2. The number of carbonyl (C=O) groups excluding carboxylic acids is 1. The maximum Gasteiger partial charge on any atom is 0.336 e. The minimum absolute atomic E-state index is 0.303. The number of nitrogens with zero attached hydrogens (tertiary/aromatic N) is 2. The van der Waals surface area contributed by atoms with Crippen molar-refractivity contribution in [1.82, 2.24) is 9.13 Å². The first-order chi connectivity index (χ1) is 16.3. The summed E-state index contributed by atoms with van der Waals surface area (Å²) in [5.41, 5.74) is 0.829. The summed E-state index contributed by atoms with van der Waals surface area (Å²) in [5.74, 6) is 0.519. The molecule has 0 aliphatic rings. The molecule has 1 heterocycles. The van der Waals surface area contributed by atoms with E-state index in [0.29, 0.717) is 38.8 Å². The number of rotatable bonds is 6. The molecule has 8 nitrogen and oxygen atoms in total. The van der Waals surface area contributed by atoms with Crippen LogP contribution in [0.5, 0.6) is 11.5 Å². The number of hydrogen-bond donors (Lipinski definition) is 1. The lowest BCUT2D eigenvalue weighted by Crippen LogP contribution is -2.40. The number of methoxy groups -OCH3 is 2. The van der Waals surface area contributed by atoms with Crippen molar-refractivity contribution >= 4 is 34.1 Å². The second kappa shape index (κ2) is 9.44. The van der Waals surface area contributed by atoms with Gasteiger partial charge in [-0.1, -0.05) is 29.8 Å². The Bertz CT molecular complexity index is 1520. The van der Waals surface area contributed by atoms with E-state index in [1.165, 1.54) is 18.8 Å². The number of carbonyl (C=O) groups is 1. The number of hydrogen-bond acceptors (Lipinski definition) is 5. The highest BCUT2D eigenvalue weighted by Crippen LogP contribution is 2.29. The summed E-state index contributed by atoms with van der Waals surface area (Å²) in [4.78, 5) is 39.5. The number of aromatic nitrogens is 2. The number of nitrogens with one attached hydrogen (secondary N) is 1. The Morgan fingerprint density at radius 3 is 2.41 bits per heavy atom. The van der Waals surface area contributed by atoms with Gasteiger partial charge in [-0.05, 0) is 48.9 Å². The second-order valence-corrected chi connectivity index (χ2v) is 7.99. The van der Waals surface area contributed by atoms with Gasteiger partial charge in [0.05, 0.1) is 30.8 Å². The summed E-state index contributed by atoms with van der Waals surface area (Å²) >= 11 is 6.24. The van der Waals surface area contributed by atoms with Crippen molar-refractivity contribution in [2.75, 3.05) is 19.5 Å². The number of halogens is 1. The number of anilines is 1. The molecule has 0 unspecified atom stereocenters. The minimum Gasteiger partial charge on any atom is -0.493 e. The van der Waals surface area contributed by atoms with Gasteiger partial charge in [0.25, 0.3) is 5.56 Å². The third kappa shape index (κ3) is 4.27. The molecule has 1 aromatic heterocycles. The molecule has 174 valence electrons. The average molecular weight is 480 g/mol. The maximum atomic E-state index is 13.4. The Morgan fingerprint density at radius 2 is 1.71 bits per heavy atom. The van der Waals surface area contributed by atoms with Crippen LogP contribution in [0.2, 0.25) is 5.02 Å². The van der Waals surface area contributed by atoms with Crippen LogP contribution in [-0.4, -0.2) is 29.3 Å². The lowest BCUT2D eigenvalue weighted by Gasteiger charge is -2.15. The number of ether oxygens (including phenoxy) is 2. The molecule has 0 fully saturated rings. The van der Waals surface area contributed by atoms with Crippen molar-refractivity contribution in [2.45, 2.75) is 13.5 Å². The standard InChI is InChI=1S/C25H22ClN3O5/c1-15-8-10-17(13-19(15)26)29-24(31)18-6-4-5-7-20(18)28(25(29)32)14-23(30)27-16-9-11-21(33-2)22(12-16)34-3/h4-13H,14H2,1-3H3,(H,27,30). The largest absolute Gasteiger partial charge is 0.493 e. The summed E-state index contributed by atoms with van der Waals surface area (Å²) < 4.78 is 12.8. The quantitative estimate of drug-likeness (QED) is 0.454. The molecule has 0 aliphatic carbocycles. The summed E-state index contributed by atoms with van der Waals surface area (Å²) in [7, 11) is 3.01. The third-order valence-corrected chi connectivity index (χ3v) is 5.84. The molecule has 0 aliphatic heterocycles. The van der Waals surface area contributed by atoms with Crippen LogP contribution >= 0.6 is 11.6 Å². The molecule has 9 heteroatoms. The van der Waals surface area contributed by atoms with Crippen LogP contribution in [-0.2, 0) is 11.3 Å². The highest BCUT2D eigenvalue weighted by molar-refractivity contribution is 6.31. The van der Waals surface area contributed by atoms with E-state index in [4.69, 9.17) is 21.1 Å². The van der Waals surface area contributed by atoms with E-state index >= 15 is 0 Å². The second-order valence-electron chi connectivity index (χ2n) is 7.58. The fourth-order valence-corrected chi connectivity index (χ4v) is 3.86.